The second-order valence-corrected chi connectivity index (χ2v) is 2.37. The van der Waals surface area contributed by atoms with Gasteiger partial charge in [-0.25, -0.2) is 0 Å². The van der Waals surface area contributed by atoms with Crippen LogP contribution >= 0.6 is 0 Å². The summed E-state index contributed by atoms with van der Waals surface area (Å²) in [6, 6.07) is 0. The summed E-state index contributed by atoms with van der Waals surface area (Å²) in [6.07, 6.45) is 1.76. The van der Waals surface area contributed by atoms with E-state index >= 15 is 0 Å². The molecule has 0 heterocycles. The Hall–Kier alpha value is -1.03. The van der Waals surface area contributed by atoms with E-state index in [0.717, 1.165) is 6.54 Å². The van der Waals surface area contributed by atoms with Crippen LogP contribution in [0.1, 0.15) is 6.92 Å². The van der Waals surface area contributed by atoms with Crippen LogP contribution in [-0.4, -0.2) is 24.1 Å². The first-order chi connectivity index (χ1) is 5.22. The molecule has 0 aromatic carbocycles. The topological polar surface area (TPSA) is 70.6 Å². The fourth-order valence-corrected chi connectivity index (χ4v) is 0.605. The number of nitrogens with two attached hydrogens (primary N) is 1. The van der Waals surface area contributed by atoms with E-state index in [9.17, 15) is 0 Å². The highest BCUT2D eigenvalue weighted by molar-refractivity contribution is 5.82. The molecule has 4 nitrogen and oxygen atoms in total. The zero-order valence-electron chi connectivity index (χ0n) is 6.75. The van der Waals surface area contributed by atoms with Gasteiger partial charge in [-0.2, -0.15) is 0 Å². The fourth-order valence-electron chi connectivity index (χ4n) is 0.605. The minimum Gasteiger partial charge on any atom is -0.409 e. The predicted octanol–water partition coefficient (Wildman–Crippen LogP) is 0.144. The van der Waals surface area contributed by atoms with Gasteiger partial charge in [-0.3, -0.25) is 0 Å². The Bertz CT molecular complexity index is 145. The predicted molar refractivity (Wildman–Crippen MR) is 45.6 cm³/mol. The molecule has 0 amide bonds. The zero-order valence-corrected chi connectivity index (χ0v) is 6.75. The Labute approximate surface area is 66.8 Å². The molecule has 0 radical (unpaired) electrons. The summed E-state index contributed by atoms with van der Waals surface area (Å²) in [4.78, 5) is 0. The standard InChI is InChI=1S/C7H15N3O/c1-3-4-9-5-6(2)7(8)10-11/h3,6,9,11H,1,4-5H2,2H3,(H2,8,10). The summed E-state index contributed by atoms with van der Waals surface area (Å²) in [5.74, 6) is 0.307. The van der Waals surface area contributed by atoms with Crippen LogP contribution in [0.3, 0.4) is 0 Å². The molecular formula is C7H15N3O. The van der Waals surface area contributed by atoms with E-state index in [2.05, 4.69) is 17.1 Å². The molecule has 0 spiro atoms. The van der Waals surface area contributed by atoms with Crippen LogP contribution in [0.4, 0.5) is 0 Å². The average Bonchev–Trinajstić information content (AvgIpc) is 2.03. The second kappa shape index (κ2) is 5.73. The maximum atomic E-state index is 8.28. The molecule has 0 aliphatic heterocycles. The first kappa shape index (κ1) is 9.97. The summed E-state index contributed by atoms with van der Waals surface area (Å²) >= 11 is 0. The molecule has 0 bridgehead atoms. The molecule has 0 saturated heterocycles. The first-order valence-electron chi connectivity index (χ1n) is 3.51. The third-order valence-electron chi connectivity index (χ3n) is 1.36. The van der Waals surface area contributed by atoms with Gasteiger partial charge in [0.05, 0.1) is 0 Å². The second-order valence-electron chi connectivity index (χ2n) is 2.37. The number of nitrogens with zero attached hydrogens (tertiary/aromatic N) is 1. The van der Waals surface area contributed by atoms with Crippen molar-refractivity contribution < 1.29 is 5.21 Å². The van der Waals surface area contributed by atoms with Gasteiger partial charge in [0.25, 0.3) is 0 Å². The van der Waals surface area contributed by atoms with Crippen molar-refractivity contribution in [1.82, 2.24) is 5.32 Å². The van der Waals surface area contributed by atoms with E-state index in [-0.39, 0.29) is 11.8 Å². The summed E-state index contributed by atoms with van der Waals surface area (Å²) in [6.45, 7) is 6.86. The third kappa shape index (κ3) is 4.38. The summed E-state index contributed by atoms with van der Waals surface area (Å²) < 4.78 is 0. The van der Waals surface area contributed by atoms with Crippen LogP contribution in [0, 0.1) is 5.92 Å². The maximum absolute atomic E-state index is 8.28. The molecule has 4 heteroatoms. The minimum atomic E-state index is 0.0555. The average molecular weight is 157 g/mol. The lowest BCUT2D eigenvalue weighted by atomic mass is 10.1. The molecule has 0 aliphatic carbocycles. The molecular weight excluding hydrogens is 142 g/mol. The number of hydrogen-bond donors (Lipinski definition) is 3. The van der Waals surface area contributed by atoms with Gasteiger partial charge in [0, 0.05) is 19.0 Å². The van der Waals surface area contributed by atoms with Crippen LogP contribution in [-0.2, 0) is 0 Å². The lowest BCUT2D eigenvalue weighted by Gasteiger charge is -2.08. The van der Waals surface area contributed by atoms with E-state index < -0.39 is 0 Å². The Morgan fingerprint density at radius 1 is 1.91 bits per heavy atom. The Morgan fingerprint density at radius 2 is 2.55 bits per heavy atom. The molecule has 1 atom stereocenters. The highest BCUT2D eigenvalue weighted by atomic mass is 16.4. The highest BCUT2D eigenvalue weighted by Crippen LogP contribution is 1.90. The van der Waals surface area contributed by atoms with Crippen LogP contribution in [0.25, 0.3) is 0 Å². The fraction of sp³-hybridized carbons (Fsp3) is 0.571. The lowest BCUT2D eigenvalue weighted by Crippen LogP contribution is -2.31. The minimum absolute atomic E-state index is 0.0555. The normalized spacial score (nSPS) is 14.5. The molecule has 0 fully saturated rings. The van der Waals surface area contributed by atoms with Crippen LogP contribution in [0.5, 0.6) is 0 Å². The van der Waals surface area contributed by atoms with Gasteiger partial charge in [-0.1, -0.05) is 18.2 Å². The molecule has 0 aromatic rings. The van der Waals surface area contributed by atoms with Crippen molar-refractivity contribution in [2.75, 3.05) is 13.1 Å². The van der Waals surface area contributed by atoms with Crippen molar-refractivity contribution in [3.63, 3.8) is 0 Å². The van der Waals surface area contributed by atoms with E-state index in [0.29, 0.717) is 6.54 Å². The Balaban J connectivity index is 3.51. The van der Waals surface area contributed by atoms with Gasteiger partial charge in [-0.05, 0) is 0 Å². The van der Waals surface area contributed by atoms with E-state index in [1.165, 1.54) is 0 Å². The van der Waals surface area contributed by atoms with Gasteiger partial charge in [0.1, 0.15) is 5.84 Å². The van der Waals surface area contributed by atoms with Crippen molar-refractivity contribution in [1.29, 1.82) is 0 Å². The smallest absolute Gasteiger partial charge is 0.143 e. The molecule has 0 aromatic heterocycles. The number of hydrogen-bond acceptors (Lipinski definition) is 3. The van der Waals surface area contributed by atoms with Gasteiger partial charge < -0.3 is 16.3 Å². The van der Waals surface area contributed by atoms with Gasteiger partial charge >= 0.3 is 0 Å². The SMILES string of the molecule is C=CCNCC(C)C(N)=NO. The quantitative estimate of drug-likeness (QED) is 0.133. The van der Waals surface area contributed by atoms with Crippen LogP contribution in [0.15, 0.2) is 17.8 Å². The van der Waals surface area contributed by atoms with E-state index in [1.54, 1.807) is 6.08 Å². The van der Waals surface area contributed by atoms with E-state index in [1.807, 2.05) is 6.92 Å². The van der Waals surface area contributed by atoms with Gasteiger partial charge in [-0.15, -0.1) is 6.58 Å². The monoisotopic (exact) mass is 157 g/mol. The molecule has 0 saturated carbocycles. The molecule has 4 N–H and O–H groups in total. The zero-order chi connectivity index (χ0) is 8.69. The van der Waals surface area contributed by atoms with Crippen molar-refractivity contribution in [3.8, 4) is 0 Å². The van der Waals surface area contributed by atoms with Crippen LogP contribution < -0.4 is 11.1 Å². The van der Waals surface area contributed by atoms with Crippen molar-refractivity contribution >= 4 is 5.84 Å². The highest BCUT2D eigenvalue weighted by Gasteiger charge is 2.04. The molecule has 64 valence electrons. The van der Waals surface area contributed by atoms with Crippen molar-refractivity contribution in [2.24, 2.45) is 16.8 Å². The molecule has 11 heavy (non-hydrogen) atoms. The lowest BCUT2D eigenvalue weighted by molar-refractivity contribution is 0.314. The van der Waals surface area contributed by atoms with Crippen molar-refractivity contribution in [3.05, 3.63) is 12.7 Å². The molecule has 0 rings (SSSR count). The summed E-state index contributed by atoms with van der Waals surface area (Å²) in [5, 5.41) is 14.2. The number of oxime groups is 1. The summed E-state index contributed by atoms with van der Waals surface area (Å²) in [7, 11) is 0. The van der Waals surface area contributed by atoms with Crippen molar-refractivity contribution in [2.45, 2.75) is 6.92 Å². The molecule has 0 aliphatic rings. The van der Waals surface area contributed by atoms with Gasteiger partial charge in [0.15, 0.2) is 0 Å². The largest absolute Gasteiger partial charge is 0.409 e. The third-order valence-corrected chi connectivity index (χ3v) is 1.36. The number of amidine groups is 1. The number of rotatable bonds is 5. The van der Waals surface area contributed by atoms with E-state index in [4.69, 9.17) is 10.9 Å². The van der Waals surface area contributed by atoms with Crippen LogP contribution in [0.2, 0.25) is 0 Å². The molecule has 1 unspecified atom stereocenters. The first-order valence-corrected chi connectivity index (χ1v) is 3.51. The Morgan fingerprint density at radius 3 is 3.00 bits per heavy atom. The maximum Gasteiger partial charge on any atom is 0.143 e. The Kier molecular flexibility index (Phi) is 5.20. The van der Waals surface area contributed by atoms with Gasteiger partial charge in [0.2, 0.25) is 0 Å². The summed E-state index contributed by atoms with van der Waals surface area (Å²) in [5.41, 5.74) is 5.33. The number of nitrogens with one attached hydrogen (secondary N) is 1.